The Labute approximate surface area is 105 Å². The van der Waals surface area contributed by atoms with Crippen LogP contribution >= 0.6 is 0 Å². The lowest BCUT2D eigenvalue weighted by Crippen LogP contribution is -2.14. The molecular formula is C12H16N2O4. The molecule has 3 N–H and O–H groups in total. The summed E-state index contributed by atoms with van der Waals surface area (Å²) >= 11 is 0. The Balaban J connectivity index is 3.13. The Morgan fingerprint density at radius 2 is 2.22 bits per heavy atom. The molecule has 6 heteroatoms. The van der Waals surface area contributed by atoms with Gasteiger partial charge in [0.05, 0.1) is 10.8 Å². The minimum absolute atomic E-state index is 0.137. The van der Waals surface area contributed by atoms with Crippen molar-refractivity contribution in [2.45, 2.75) is 32.1 Å². The van der Waals surface area contributed by atoms with Gasteiger partial charge in [-0.15, -0.1) is 0 Å². The third-order valence-electron chi connectivity index (χ3n) is 2.80. The fraction of sp³-hybridized carbons (Fsp3) is 0.417. The molecule has 1 aromatic rings. The molecule has 1 rings (SSSR count). The molecular weight excluding hydrogens is 236 g/mol. The second-order valence-electron chi connectivity index (χ2n) is 4.10. The minimum Gasteiger partial charge on any atom is -0.481 e. The Morgan fingerprint density at radius 3 is 2.72 bits per heavy atom. The highest BCUT2D eigenvalue weighted by Crippen LogP contribution is 2.30. The molecule has 0 aliphatic carbocycles. The highest BCUT2D eigenvalue weighted by Gasteiger charge is 2.23. The number of nitro groups is 1. The number of nitrogens with two attached hydrogens (primary N) is 1. The number of hydrogen-bond donors (Lipinski definition) is 2. The van der Waals surface area contributed by atoms with Crippen LogP contribution in [-0.2, 0) is 4.79 Å². The van der Waals surface area contributed by atoms with Crippen LogP contribution in [0, 0.1) is 10.1 Å². The highest BCUT2D eigenvalue weighted by atomic mass is 16.6. The van der Waals surface area contributed by atoms with Crippen LogP contribution in [0.15, 0.2) is 18.2 Å². The smallest absolute Gasteiger partial charge is 0.311 e. The molecule has 1 atom stereocenters. The van der Waals surface area contributed by atoms with Crippen molar-refractivity contribution in [1.82, 2.24) is 0 Å². The maximum Gasteiger partial charge on any atom is 0.311 e. The molecule has 1 aromatic carbocycles. The number of benzene rings is 1. The fourth-order valence-corrected chi connectivity index (χ4v) is 1.80. The fourth-order valence-electron chi connectivity index (χ4n) is 1.80. The topological polar surface area (TPSA) is 106 Å². The van der Waals surface area contributed by atoms with Gasteiger partial charge in [-0.05, 0) is 18.1 Å². The van der Waals surface area contributed by atoms with Gasteiger partial charge in [0.25, 0.3) is 5.69 Å². The Kier molecular flexibility index (Phi) is 4.65. The molecule has 0 aliphatic rings. The number of non-ortho nitro benzene ring substituents is 1. The maximum atomic E-state index is 11.2. The molecule has 0 bridgehead atoms. The van der Waals surface area contributed by atoms with Crippen LogP contribution in [0.1, 0.15) is 37.7 Å². The first-order valence-corrected chi connectivity index (χ1v) is 5.74. The molecule has 0 fully saturated rings. The van der Waals surface area contributed by atoms with Crippen LogP contribution in [0.2, 0.25) is 0 Å². The number of nitrogen functional groups attached to an aromatic ring is 1. The molecule has 0 heterocycles. The number of carboxylic acids is 1. The van der Waals surface area contributed by atoms with Crippen LogP contribution in [0.4, 0.5) is 11.4 Å². The zero-order chi connectivity index (χ0) is 13.7. The van der Waals surface area contributed by atoms with E-state index < -0.39 is 16.8 Å². The first kappa shape index (κ1) is 14.0. The Hall–Kier alpha value is -2.11. The van der Waals surface area contributed by atoms with Gasteiger partial charge in [0.1, 0.15) is 0 Å². The molecule has 0 amide bonds. The number of carboxylic acid groups (broad SMARTS) is 1. The molecule has 0 aliphatic heterocycles. The quantitative estimate of drug-likeness (QED) is 0.459. The average molecular weight is 252 g/mol. The van der Waals surface area contributed by atoms with E-state index in [1.807, 2.05) is 6.92 Å². The van der Waals surface area contributed by atoms with Gasteiger partial charge in [0, 0.05) is 17.8 Å². The van der Waals surface area contributed by atoms with Crippen LogP contribution in [0.3, 0.4) is 0 Å². The number of carbonyl (C=O) groups is 1. The zero-order valence-corrected chi connectivity index (χ0v) is 10.1. The van der Waals surface area contributed by atoms with Crippen molar-refractivity contribution >= 4 is 17.3 Å². The van der Waals surface area contributed by atoms with Crippen molar-refractivity contribution in [1.29, 1.82) is 0 Å². The van der Waals surface area contributed by atoms with Gasteiger partial charge < -0.3 is 10.8 Å². The van der Waals surface area contributed by atoms with Crippen molar-refractivity contribution in [2.24, 2.45) is 0 Å². The normalized spacial score (nSPS) is 12.1. The van der Waals surface area contributed by atoms with Gasteiger partial charge in [-0.3, -0.25) is 14.9 Å². The zero-order valence-electron chi connectivity index (χ0n) is 10.1. The van der Waals surface area contributed by atoms with E-state index in [-0.39, 0.29) is 11.4 Å². The van der Waals surface area contributed by atoms with Gasteiger partial charge in [0.2, 0.25) is 0 Å². The lowest BCUT2D eigenvalue weighted by atomic mass is 9.92. The summed E-state index contributed by atoms with van der Waals surface area (Å²) in [5.41, 5.74) is 6.18. The molecule has 0 aromatic heterocycles. The molecule has 1 unspecified atom stereocenters. The number of unbranched alkanes of at least 4 members (excludes halogenated alkanes) is 1. The molecule has 0 saturated heterocycles. The predicted octanol–water partition coefficient (Wildman–Crippen LogP) is 2.54. The van der Waals surface area contributed by atoms with E-state index in [1.165, 1.54) is 18.2 Å². The third-order valence-corrected chi connectivity index (χ3v) is 2.80. The summed E-state index contributed by atoms with van der Waals surface area (Å²) in [7, 11) is 0. The van der Waals surface area contributed by atoms with Crippen molar-refractivity contribution < 1.29 is 14.8 Å². The summed E-state index contributed by atoms with van der Waals surface area (Å²) in [6.45, 7) is 1.95. The van der Waals surface area contributed by atoms with Crippen molar-refractivity contribution in [2.75, 3.05) is 5.73 Å². The van der Waals surface area contributed by atoms with E-state index in [0.29, 0.717) is 12.0 Å². The second kappa shape index (κ2) is 6.00. The molecule has 0 radical (unpaired) electrons. The standard InChI is InChI=1S/C12H16N2O4/c1-2-3-4-9(12(15)16)10-7-8(14(17)18)5-6-11(10)13/h5-7,9H,2-4,13H2,1H3,(H,15,16). The van der Waals surface area contributed by atoms with Crippen molar-refractivity contribution in [3.8, 4) is 0 Å². The number of nitrogens with zero attached hydrogens (tertiary/aromatic N) is 1. The van der Waals surface area contributed by atoms with Crippen molar-refractivity contribution in [3.63, 3.8) is 0 Å². The predicted molar refractivity (Wildman–Crippen MR) is 67.4 cm³/mol. The number of rotatable bonds is 6. The summed E-state index contributed by atoms with van der Waals surface area (Å²) in [6.07, 6.45) is 2.02. The summed E-state index contributed by atoms with van der Waals surface area (Å²) in [4.78, 5) is 21.3. The summed E-state index contributed by atoms with van der Waals surface area (Å²) < 4.78 is 0. The molecule has 6 nitrogen and oxygen atoms in total. The van der Waals surface area contributed by atoms with E-state index in [4.69, 9.17) is 5.73 Å². The largest absolute Gasteiger partial charge is 0.481 e. The first-order valence-electron chi connectivity index (χ1n) is 5.74. The first-order chi connectivity index (χ1) is 8.47. The van der Waals surface area contributed by atoms with Crippen LogP contribution in [0.25, 0.3) is 0 Å². The summed E-state index contributed by atoms with van der Waals surface area (Å²) in [6, 6.07) is 3.91. The van der Waals surface area contributed by atoms with Gasteiger partial charge in [-0.25, -0.2) is 0 Å². The highest BCUT2D eigenvalue weighted by molar-refractivity contribution is 5.79. The molecule has 18 heavy (non-hydrogen) atoms. The lowest BCUT2D eigenvalue weighted by molar-refractivity contribution is -0.384. The maximum absolute atomic E-state index is 11.2. The minimum atomic E-state index is -1.00. The van der Waals surface area contributed by atoms with E-state index in [1.54, 1.807) is 0 Å². The van der Waals surface area contributed by atoms with Gasteiger partial charge >= 0.3 is 5.97 Å². The monoisotopic (exact) mass is 252 g/mol. The summed E-state index contributed by atoms with van der Waals surface area (Å²) in [5.74, 6) is -1.79. The van der Waals surface area contributed by atoms with E-state index >= 15 is 0 Å². The van der Waals surface area contributed by atoms with Crippen molar-refractivity contribution in [3.05, 3.63) is 33.9 Å². The van der Waals surface area contributed by atoms with E-state index in [9.17, 15) is 20.0 Å². The van der Waals surface area contributed by atoms with E-state index in [2.05, 4.69) is 0 Å². The number of anilines is 1. The van der Waals surface area contributed by atoms with Gasteiger partial charge in [0.15, 0.2) is 0 Å². The lowest BCUT2D eigenvalue weighted by Gasteiger charge is -2.14. The van der Waals surface area contributed by atoms with Crippen LogP contribution < -0.4 is 5.73 Å². The third kappa shape index (κ3) is 3.19. The van der Waals surface area contributed by atoms with Gasteiger partial charge in [-0.2, -0.15) is 0 Å². The van der Waals surface area contributed by atoms with E-state index in [0.717, 1.165) is 12.8 Å². The number of nitro benzene ring substituents is 1. The van der Waals surface area contributed by atoms with Gasteiger partial charge in [-0.1, -0.05) is 19.8 Å². The SMILES string of the molecule is CCCCC(C(=O)O)c1cc([N+](=O)[O-])ccc1N. The Morgan fingerprint density at radius 1 is 1.56 bits per heavy atom. The molecule has 0 saturated carbocycles. The second-order valence-corrected chi connectivity index (χ2v) is 4.10. The summed E-state index contributed by atoms with van der Waals surface area (Å²) in [5, 5.41) is 19.9. The number of aliphatic carboxylic acids is 1. The Bertz CT molecular complexity index is 459. The van der Waals surface area contributed by atoms with Crippen LogP contribution in [0.5, 0.6) is 0 Å². The number of hydrogen-bond acceptors (Lipinski definition) is 4. The molecule has 0 spiro atoms. The molecule has 98 valence electrons. The van der Waals surface area contributed by atoms with Crippen LogP contribution in [-0.4, -0.2) is 16.0 Å². The average Bonchev–Trinajstić information content (AvgIpc) is 2.31.